The largest absolute Gasteiger partial charge is 0.419 e. The van der Waals surface area contributed by atoms with E-state index in [9.17, 15) is 4.39 Å². The van der Waals surface area contributed by atoms with Crippen LogP contribution in [0.15, 0.2) is 22.6 Å². The molecule has 1 aromatic carbocycles. The Morgan fingerprint density at radius 1 is 1.35 bits per heavy atom. The molecule has 1 unspecified atom stereocenters. The van der Waals surface area contributed by atoms with Gasteiger partial charge in [0.15, 0.2) is 0 Å². The summed E-state index contributed by atoms with van der Waals surface area (Å²) < 4.78 is 19.6. The lowest BCUT2D eigenvalue weighted by molar-refractivity contribution is 0.396. The lowest BCUT2D eigenvalue weighted by Gasteiger charge is -2.11. The van der Waals surface area contributed by atoms with Crippen molar-refractivity contribution in [3.8, 4) is 11.5 Å². The second kappa shape index (κ2) is 7.12. The smallest absolute Gasteiger partial charge is 0.248 e. The van der Waals surface area contributed by atoms with Crippen LogP contribution in [0, 0.1) is 9.39 Å². The summed E-state index contributed by atoms with van der Waals surface area (Å²) in [5.41, 5.74) is 0.760. The summed E-state index contributed by atoms with van der Waals surface area (Å²) in [5, 5.41) is 11.5. The van der Waals surface area contributed by atoms with Crippen LogP contribution in [0.5, 0.6) is 0 Å². The Kier molecular flexibility index (Phi) is 5.47. The van der Waals surface area contributed by atoms with Gasteiger partial charge in [0.05, 0.1) is 11.6 Å². The van der Waals surface area contributed by atoms with Crippen LogP contribution in [-0.4, -0.2) is 16.7 Å². The van der Waals surface area contributed by atoms with E-state index in [0.717, 1.165) is 28.5 Å². The molecule has 1 aromatic heterocycles. The fraction of sp³-hybridized carbons (Fsp3) is 0.429. The van der Waals surface area contributed by atoms with E-state index < -0.39 is 0 Å². The quantitative estimate of drug-likeness (QED) is 0.761. The lowest BCUT2D eigenvalue weighted by Crippen LogP contribution is -2.21. The first-order valence-corrected chi connectivity index (χ1v) is 7.75. The van der Waals surface area contributed by atoms with Gasteiger partial charge in [0, 0.05) is 3.57 Å². The van der Waals surface area contributed by atoms with Crippen molar-refractivity contribution in [3.63, 3.8) is 0 Å². The van der Waals surface area contributed by atoms with Gasteiger partial charge in [-0.05, 0) is 60.2 Å². The first kappa shape index (κ1) is 15.4. The van der Waals surface area contributed by atoms with Crippen molar-refractivity contribution in [2.75, 3.05) is 6.54 Å². The van der Waals surface area contributed by atoms with E-state index in [4.69, 9.17) is 4.42 Å². The Bertz CT molecular complexity index is 573. The van der Waals surface area contributed by atoms with Crippen molar-refractivity contribution < 1.29 is 8.81 Å². The van der Waals surface area contributed by atoms with Crippen LogP contribution in [0.3, 0.4) is 0 Å². The molecule has 0 aliphatic rings. The van der Waals surface area contributed by atoms with Gasteiger partial charge >= 0.3 is 0 Å². The number of hydrogen-bond donors (Lipinski definition) is 1. The number of benzene rings is 1. The summed E-state index contributed by atoms with van der Waals surface area (Å²) in [6.07, 6.45) is 1.93. The van der Waals surface area contributed by atoms with Gasteiger partial charge in [-0.15, -0.1) is 10.2 Å². The maximum Gasteiger partial charge on any atom is 0.248 e. The lowest BCUT2D eigenvalue weighted by atomic mass is 10.2. The fourth-order valence-corrected chi connectivity index (χ4v) is 2.58. The summed E-state index contributed by atoms with van der Waals surface area (Å²) in [4.78, 5) is 0. The Hall–Kier alpha value is -1.02. The van der Waals surface area contributed by atoms with Crippen LogP contribution in [0.4, 0.5) is 4.39 Å². The van der Waals surface area contributed by atoms with Crippen molar-refractivity contribution in [1.29, 1.82) is 0 Å². The minimum Gasteiger partial charge on any atom is -0.419 e. The molecule has 0 radical (unpaired) electrons. The Balaban J connectivity index is 2.23. The molecule has 1 N–H and O–H groups in total. The van der Waals surface area contributed by atoms with Gasteiger partial charge in [-0.1, -0.05) is 13.8 Å². The van der Waals surface area contributed by atoms with E-state index in [1.54, 1.807) is 6.07 Å². The molecule has 0 amide bonds. The maximum absolute atomic E-state index is 13.1. The second-order valence-corrected chi connectivity index (χ2v) is 5.65. The Labute approximate surface area is 131 Å². The average molecular weight is 389 g/mol. The summed E-state index contributed by atoms with van der Waals surface area (Å²) >= 11 is 2.06. The molecule has 2 rings (SSSR count). The second-order valence-electron chi connectivity index (χ2n) is 4.48. The van der Waals surface area contributed by atoms with Crippen molar-refractivity contribution in [2.24, 2.45) is 0 Å². The number of aromatic nitrogens is 2. The third-order valence-electron chi connectivity index (χ3n) is 2.95. The summed E-state index contributed by atoms with van der Waals surface area (Å²) in [7, 11) is 0. The molecule has 0 bridgehead atoms. The van der Waals surface area contributed by atoms with Gasteiger partial charge < -0.3 is 9.73 Å². The zero-order valence-electron chi connectivity index (χ0n) is 11.5. The van der Waals surface area contributed by atoms with Crippen molar-refractivity contribution in [1.82, 2.24) is 15.5 Å². The first-order chi connectivity index (χ1) is 9.65. The molecule has 1 atom stereocenters. The normalized spacial score (nSPS) is 12.6. The summed E-state index contributed by atoms with van der Waals surface area (Å²) in [5.74, 6) is 0.742. The number of rotatable bonds is 6. The highest BCUT2D eigenvalue weighted by atomic mass is 127. The van der Waals surface area contributed by atoms with E-state index in [1.807, 2.05) is 0 Å². The molecular weight excluding hydrogens is 372 g/mol. The van der Waals surface area contributed by atoms with E-state index in [0.29, 0.717) is 11.8 Å². The zero-order chi connectivity index (χ0) is 14.5. The molecule has 2 aromatic rings. The van der Waals surface area contributed by atoms with Crippen LogP contribution in [0.2, 0.25) is 0 Å². The van der Waals surface area contributed by atoms with Gasteiger partial charge in [0.1, 0.15) is 5.82 Å². The maximum atomic E-state index is 13.1. The SMILES string of the molecule is CCCNC(CC)c1nnc(-c2ccc(F)cc2I)o1. The average Bonchev–Trinajstić information content (AvgIpc) is 2.89. The predicted molar refractivity (Wildman–Crippen MR) is 83.7 cm³/mol. The predicted octanol–water partition coefficient (Wildman–Crippen LogP) is 3.93. The van der Waals surface area contributed by atoms with Gasteiger partial charge in [0.2, 0.25) is 11.8 Å². The van der Waals surface area contributed by atoms with Gasteiger partial charge in [-0.2, -0.15) is 0 Å². The van der Waals surface area contributed by atoms with Gasteiger partial charge in [-0.25, -0.2) is 4.39 Å². The number of halogens is 2. The van der Waals surface area contributed by atoms with E-state index >= 15 is 0 Å². The topological polar surface area (TPSA) is 51.0 Å². The minimum absolute atomic E-state index is 0.0642. The highest BCUT2D eigenvalue weighted by Gasteiger charge is 2.18. The third-order valence-corrected chi connectivity index (χ3v) is 3.84. The Morgan fingerprint density at radius 3 is 2.80 bits per heavy atom. The molecule has 108 valence electrons. The van der Waals surface area contributed by atoms with Crippen LogP contribution in [0.1, 0.15) is 38.6 Å². The van der Waals surface area contributed by atoms with E-state index in [-0.39, 0.29) is 11.9 Å². The van der Waals surface area contributed by atoms with Gasteiger partial charge in [-0.3, -0.25) is 0 Å². The third kappa shape index (κ3) is 3.54. The molecule has 0 aliphatic carbocycles. The molecule has 4 nitrogen and oxygen atoms in total. The first-order valence-electron chi connectivity index (χ1n) is 6.67. The van der Waals surface area contributed by atoms with Crippen LogP contribution in [-0.2, 0) is 0 Å². The van der Waals surface area contributed by atoms with Crippen molar-refractivity contribution in [2.45, 2.75) is 32.7 Å². The molecular formula is C14H17FIN3O. The van der Waals surface area contributed by atoms with Crippen LogP contribution < -0.4 is 5.32 Å². The number of nitrogens with zero attached hydrogens (tertiary/aromatic N) is 2. The highest BCUT2D eigenvalue weighted by Crippen LogP contribution is 2.26. The summed E-state index contributed by atoms with van der Waals surface area (Å²) in [6, 6.07) is 4.57. The zero-order valence-corrected chi connectivity index (χ0v) is 13.6. The highest BCUT2D eigenvalue weighted by molar-refractivity contribution is 14.1. The molecule has 20 heavy (non-hydrogen) atoms. The minimum atomic E-state index is -0.270. The van der Waals surface area contributed by atoms with Crippen LogP contribution >= 0.6 is 22.6 Å². The van der Waals surface area contributed by atoms with E-state index in [1.165, 1.54) is 12.1 Å². The molecule has 0 saturated heterocycles. The number of hydrogen-bond acceptors (Lipinski definition) is 4. The summed E-state index contributed by atoms with van der Waals surface area (Å²) in [6.45, 7) is 5.09. The molecule has 0 fully saturated rings. The van der Waals surface area contributed by atoms with E-state index in [2.05, 4.69) is 52.0 Å². The molecule has 0 saturated carbocycles. The molecule has 6 heteroatoms. The monoisotopic (exact) mass is 389 g/mol. The standard InChI is InChI=1S/C14H17FIN3O/c1-3-7-17-12(4-2)14-19-18-13(20-14)10-6-5-9(15)8-11(10)16/h5-6,8,12,17H,3-4,7H2,1-2H3. The molecule has 0 aliphatic heterocycles. The fourth-order valence-electron chi connectivity index (χ4n) is 1.87. The number of nitrogens with one attached hydrogen (secondary N) is 1. The van der Waals surface area contributed by atoms with Crippen molar-refractivity contribution in [3.05, 3.63) is 33.5 Å². The Morgan fingerprint density at radius 2 is 2.15 bits per heavy atom. The van der Waals surface area contributed by atoms with Crippen LogP contribution in [0.25, 0.3) is 11.5 Å². The molecule has 0 spiro atoms. The van der Waals surface area contributed by atoms with Gasteiger partial charge in [0.25, 0.3) is 0 Å². The van der Waals surface area contributed by atoms with Crippen molar-refractivity contribution >= 4 is 22.6 Å². The molecule has 1 heterocycles.